The van der Waals surface area contributed by atoms with E-state index in [2.05, 4.69) is 30.1 Å². The molecule has 0 aliphatic heterocycles. The Labute approximate surface area is 169 Å². The molecule has 1 amide bonds. The number of benzene rings is 2. The van der Waals surface area contributed by atoms with E-state index in [-0.39, 0.29) is 43.2 Å². The van der Waals surface area contributed by atoms with Crippen molar-refractivity contribution in [2.24, 2.45) is 5.73 Å². The van der Waals surface area contributed by atoms with Gasteiger partial charge in [-0.15, -0.1) is 24.8 Å². The number of hydrogen-bond acceptors (Lipinski definition) is 3. The molecule has 144 valence electrons. The Morgan fingerprint density at radius 1 is 1.04 bits per heavy atom. The van der Waals surface area contributed by atoms with Crippen molar-refractivity contribution < 1.29 is 4.79 Å². The third kappa shape index (κ3) is 7.75. The van der Waals surface area contributed by atoms with Gasteiger partial charge in [0, 0.05) is 24.7 Å². The Hall–Kier alpha value is -1.59. The van der Waals surface area contributed by atoms with Crippen LogP contribution in [0.15, 0.2) is 54.6 Å². The lowest BCUT2D eigenvalue weighted by Crippen LogP contribution is -2.22. The zero-order valence-corrected chi connectivity index (χ0v) is 17.0. The second-order valence-corrected chi connectivity index (χ2v) is 5.93. The third-order valence-corrected chi connectivity index (χ3v) is 4.14. The van der Waals surface area contributed by atoms with Gasteiger partial charge in [-0.1, -0.05) is 56.3 Å². The van der Waals surface area contributed by atoms with Crippen LogP contribution < -0.4 is 11.1 Å². The summed E-state index contributed by atoms with van der Waals surface area (Å²) in [6, 6.07) is 17.4. The van der Waals surface area contributed by atoms with Gasteiger partial charge in [0.1, 0.15) is 0 Å². The van der Waals surface area contributed by atoms with Crippen molar-refractivity contribution in [2.75, 3.05) is 18.4 Å². The number of nitrogens with two attached hydrogens (primary N) is 1. The molecule has 1 atom stereocenters. The van der Waals surface area contributed by atoms with Crippen LogP contribution in [-0.4, -0.2) is 23.9 Å². The summed E-state index contributed by atoms with van der Waals surface area (Å²) in [6.07, 6.45) is 0.268. The first kappa shape index (κ1) is 24.4. The highest BCUT2D eigenvalue weighted by Gasteiger charge is 2.12. The fourth-order valence-electron chi connectivity index (χ4n) is 2.68. The number of nitrogens with one attached hydrogen (secondary N) is 1. The molecule has 0 saturated carbocycles. The Kier molecular flexibility index (Phi) is 11.9. The molecule has 0 fully saturated rings. The van der Waals surface area contributed by atoms with Crippen molar-refractivity contribution in [2.45, 2.75) is 32.9 Å². The Bertz CT molecular complexity index is 649. The first-order valence-corrected chi connectivity index (χ1v) is 8.54. The normalized spacial score (nSPS) is 11.2. The monoisotopic (exact) mass is 397 g/mol. The molecule has 0 aromatic heterocycles. The van der Waals surface area contributed by atoms with Gasteiger partial charge in [-0.05, 0) is 36.3 Å². The molecule has 1 unspecified atom stereocenters. The lowest BCUT2D eigenvalue weighted by molar-refractivity contribution is -0.116. The number of anilines is 1. The van der Waals surface area contributed by atoms with E-state index in [0.717, 1.165) is 30.9 Å². The molecule has 0 aliphatic carbocycles. The third-order valence-electron chi connectivity index (χ3n) is 4.14. The molecule has 4 nitrogen and oxygen atoms in total. The van der Waals surface area contributed by atoms with E-state index >= 15 is 0 Å². The number of halogens is 2. The highest BCUT2D eigenvalue weighted by Crippen LogP contribution is 2.16. The molecule has 0 radical (unpaired) electrons. The zero-order chi connectivity index (χ0) is 17.4. The zero-order valence-electron chi connectivity index (χ0n) is 15.4. The summed E-state index contributed by atoms with van der Waals surface area (Å²) in [6.45, 7) is 7.22. The predicted molar refractivity (Wildman–Crippen MR) is 114 cm³/mol. The first-order valence-electron chi connectivity index (χ1n) is 8.54. The van der Waals surface area contributed by atoms with Crippen LogP contribution in [0, 0.1) is 0 Å². The van der Waals surface area contributed by atoms with Gasteiger partial charge >= 0.3 is 0 Å². The fourth-order valence-corrected chi connectivity index (χ4v) is 2.68. The average molecular weight is 398 g/mol. The largest absolute Gasteiger partial charge is 0.326 e. The van der Waals surface area contributed by atoms with Gasteiger partial charge < -0.3 is 11.1 Å². The van der Waals surface area contributed by atoms with E-state index in [9.17, 15) is 4.79 Å². The van der Waals surface area contributed by atoms with Gasteiger partial charge in [0.15, 0.2) is 0 Å². The second kappa shape index (κ2) is 12.7. The Morgan fingerprint density at radius 2 is 1.69 bits per heavy atom. The van der Waals surface area contributed by atoms with E-state index < -0.39 is 0 Å². The van der Waals surface area contributed by atoms with Crippen LogP contribution >= 0.6 is 24.8 Å². The van der Waals surface area contributed by atoms with E-state index in [1.165, 1.54) is 5.56 Å². The molecule has 6 heteroatoms. The minimum absolute atomic E-state index is 0. The quantitative estimate of drug-likeness (QED) is 0.693. The number of hydrogen-bond donors (Lipinski definition) is 2. The number of carbonyl (C=O) groups excluding carboxylic acids is 1. The molecule has 3 N–H and O–H groups in total. The van der Waals surface area contributed by atoms with Crippen LogP contribution in [0.4, 0.5) is 5.69 Å². The van der Waals surface area contributed by atoms with Gasteiger partial charge in [0.2, 0.25) is 5.91 Å². The lowest BCUT2D eigenvalue weighted by Gasteiger charge is -2.18. The lowest BCUT2D eigenvalue weighted by atomic mass is 10.0. The fraction of sp³-hybridized carbons (Fsp3) is 0.350. The molecule has 2 aromatic carbocycles. The van der Waals surface area contributed by atoms with Crippen molar-refractivity contribution in [3.05, 3.63) is 65.7 Å². The summed E-state index contributed by atoms with van der Waals surface area (Å²) >= 11 is 0. The molecule has 2 aromatic rings. The molecule has 0 heterocycles. The summed E-state index contributed by atoms with van der Waals surface area (Å²) < 4.78 is 0. The first-order chi connectivity index (χ1) is 11.6. The number of rotatable bonds is 8. The highest BCUT2D eigenvalue weighted by atomic mass is 35.5. The Balaban J connectivity index is 0.00000312. The molecular weight excluding hydrogens is 369 g/mol. The second-order valence-electron chi connectivity index (χ2n) is 5.93. The summed E-state index contributed by atoms with van der Waals surface area (Å²) in [5.74, 6) is -0.0636. The van der Waals surface area contributed by atoms with E-state index in [4.69, 9.17) is 5.73 Å². The summed E-state index contributed by atoms with van der Waals surface area (Å²) in [5.41, 5.74) is 9.11. The van der Waals surface area contributed by atoms with Crippen molar-refractivity contribution in [1.82, 2.24) is 4.90 Å². The van der Waals surface area contributed by atoms with Crippen LogP contribution in [0.2, 0.25) is 0 Å². The van der Waals surface area contributed by atoms with Crippen molar-refractivity contribution in [3.63, 3.8) is 0 Å². The van der Waals surface area contributed by atoms with E-state index in [0.29, 0.717) is 0 Å². The average Bonchev–Trinajstić information content (AvgIpc) is 2.60. The number of carbonyl (C=O) groups is 1. The van der Waals surface area contributed by atoms with Crippen LogP contribution in [0.3, 0.4) is 0 Å². The van der Waals surface area contributed by atoms with Gasteiger partial charge in [0.05, 0.1) is 0 Å². The summed E-state index contributed by atoms with van der Waals surface area (Å²) in [5, 5.41) is 2.95. The van der Waals surface area contributed by atoms with Crippen LogP contribution in [-0.2, 0) is 11.3 Å². The maximum atomic E-state index is 12.2. The molecule has 0 spiro atoms. The molecule has 26 heavy (non-hydrogen) atoms. The van der Waals surface area contributed by atoms with Gasteiger partial charge in [-0.2, -0.15) is 0 Å². The number of amides is 1. The van der Waals surface area contributed by atoms with Gasteiger partial charge in [-0.25, -0.2) is 0 Å². The maximum absolute atomic E-state index is 12.2. The van der Waals surface area contributed by atoms with Crippen molar-refractivity contribution in [1.29, 1.82) is 0 Å². The minimum atomic E-state index is -0.287. The molecular formula is C20H29Cl2N3O. The van der Waals surface area contributed by atoms with Crippen molar-refractivity contribution in [3.8, 4) is 0 Å². The SMILES string of the molecule is CCN(CC)Cc1cccc(NC(=O)CC(N)c2ccccc2)c1.Cl.Cl. The topological polar surface area (TPSA) is 58.4 Å². The highest BCUT2D eigenvalue weighted by molar-refractivity contribution is 5.91. The Morgan fingerprint density at radius 3 is 2.31 bits per heavy atom. The molecule has 0 bridgehead atoms. The van der Waals surface area contributed by atoms with E-state index in [1.54, 1.807) is 0 Å². The summed E-state index contributed by atoms with van der Waals surface area (Å²) in [7, 11) is 0. The van der Waals surface area contributed by atoms with Crippen LogP contribution in [0.25, 0.3) is 0 Å². The predicted octanol–water partition coefficient (Wildman–Crippen LogP) is 4.40. The van der Waals surface area contributed by atoms with Gasteiger partial charge in [-0.3, -0.25) is 9.69 Å². The minimum Gasteiger partial charge on any atom is -0.326 e. The smallest absolute Gasteiger partial charge is 0.226 e. The van der Waals surface area contributed by atoms with Crippen molar-refractivity contribution >= 4 is 36.4 Å². The molecule has 0 saturated heterocycles. The van der Waals surface area contributed by atoms with E-state index in [1.807, 2.05) is 48.5 Å². The van der Waals surface area contributed by atoms with Gasteiger partial charge in [0.25, 0.3) is 0 Å². The summed E-state index contributed by atoms with van der Waals surface area (Å²) in [4.78, 5) is 14.6. The maximum Gasteiger partial charge on any atom is 0.226 e. The molecule has 0 aliphatic rings. The van der Waals surface area contributed by atoms with Crippen LogP contribution in [0.1, 0.15) is 37.4 Å². The molecule has 2 rings (SSSR count). The standard InChI is InChI=1S/C20H27N3O.2ClH/c1-3-23(4-2)15-16-9-8-12-18(13-16)22-20(24)14-19(21)17-10-6-5-7-11-17;;/h5-13,19H,3-4,14-15,21H2,1-2H3,(H,22,24);2*1H. The number of nitrogens with zero attached hydrogens (tertiary/aromatic N) is 1. The van der Waals surface area contributed by atoms with Crippen LogP contribution in [0.5, 0.6) is 0 Å².